The number of likely N-dealkylation sites (N-methyl/N-ethyl adjacent to an activating group) is 1. The molecule has 0 atom stereocenters. The molecular formula is C10H18N2O. The van der Waals surface area contributed by atoms with Gasteiger partial charge in [-0.05, 0) is 19.3 Å². The molecule has 0 aromatic rings. The van der Waals surface area contributed by atoms with Crippen LogP contribution >= 0.6 is 0 Å². The molecule has 2 N–H and O–H groups in total. The highest BCUT2D eigenvalue weighted by Gasteiger charge is 2.35. The summed E-state index contributed by atoms with van der Waals surface area (Å²) in [5.41, 5.74) is 5.76. The van der Waals surface area contributed by atoms with Crippen molar-refractivity contribution in [1.82, 2.24) is 4.90 Å². The highest BCUT2D eigenvalue weighted by atomic mass is 16.2. The monoisotopic (exact) mass is 182 g/mol. The molecule has 0 heterocycles. The molecule has 3 heteroatoms. The van der Waals surface area contributed by atoms with Crippen LogP contribution in [-0.2, 0) is 4.79 Å². The van der Waals surface area contributed by atoms with Gasteiger partial charge in [-0.3, -0.25) is 4.79 Å². The van der Waals surface area contributed by atoms with E-state index in [9.17, 15) is 4.79 Å². The lowest BCUT2D eigenvalue weighted by atomic mass is 9.75. The number of hydrogen-bond acceptors (Lipinski definition) is 2. The molecule has 74 valence electrons. The van der Waals surface area contributed by atoms with Crippen LogP contribution in [0.2, 0.25) is 0 Å². The highest BCUT2D eigenvalue weighted by Crippen LogP contribution is 2.32. The minimum absolute atomic E-state index is 0.127. The lowest BCUT2D eigenvalue weighted by Gasteiger charge is -2.38. The van der Waals surface area contributed by atoms with E-state index in [1.165, 1.54) is 0 Å². The second-order valence-corrected chi connectivity index (χ2v) is 3.96. The van der Waals surface area contributed by atoms with Crippen molar-refractivity contribution >= 4 is 5.91 Å². The van der Waals surface area contributed by atoms with Gasteiger partial charge in [0.1, 0.15) is 0 Å². The van der Waals surface area contributed by atoms with Gasteiger partial charge in [-0.2, -0.15) is 0 Å². The summed E-state index contributed by atoms with van der Waals surface area (Å²) in [4.78, 5) is 13.2. The normalized spacial score (nSPS) is 18.9. The molecule has 0 saturated heterocycles. The molecule has 0 aromatic heterocycles. The first-order chi connectivity index (χ1) is 6.07. The van der Waals surface area contributed by atoms with E-state index in [-0.39, 0.29) is 11.4 Å². The number of carbonyl (C=O) groups is 1. The molecule has 0 radical (unpaired) electrons. The minimum atomic E-state index is -0.202. The average Bonchev–Trinajstić information content (AvgIpc) is 2.02. The summed E-state index contributed by atoms with van der Waals surface area (Å²) in [5, 5.41) is 0. The fraction of sp³-hybridized carbons (Fsp3) is 0.700. The Bertz CT molecular complexity index is 209. The summed E-state index contributed by atoms with van der Waals surface area (Å²) in [6.07, 6.45) is 5.34. The molecule has 1 saturated carbocycles. The van der Waals surface area contributed by atoms with Crippen molar-refractivity contribution in [3.8, 4) is 0 Å². The Morgan fingerprint density at radius 3 is 2.69 bits per heavy atom. The zero-order valence-corrected chi connectivity index (χ0v) is 8.25. The number of hydrogen-bond donors (Lipinski definition) is 1. The molecular weight excluding hydrogens is 164 g/mol. The lowest BCUT2D eigenvalue weighted by Crippen LogP contribution is -2.50. The van der Waals surface area contributed by atoms with Crippen molar-refractivity contribution in [2.45, 2.75) is 31.2 Å². The molecule has 0 aliphatic heterocycles. The zero-order chi connectivity index (χ0) is 9.90. The molecule has 13 heavy (non-hydrogen) atoms. The maximum atomic E-state index is 11.5. The first-order valence-electron chi connectivity index (χ1n) is 4.71. The van der Waals surface area contributed by atoms with Gasteiger partial charge in [-0.15, -0.1) is 6.58 Å². The van der Waals surface area contributed by atoms with Crippen molar-refractivity contribution in [3.05, 3.63) is 12.7 Å². The molecule has 1 rings (SSSR count). The molecule has 0 aromatic carbocycles. The van der Waals surface area contributed by atoms with Gasteiger partial charge in [0.05, 0.1) is 0 Å². The average molecular weight is 182 g/mol. The summed E-state index contributed by atoms with van der Waals surface area (Å²) in [6, 6.07) is 0. The second-order valence-electron chi connectivity index (χ2n) is 3.96. The highest BCUT2D eigenvalue weighted by molar-refractivity contribution is 5.77. The van der Waals surface area contributed by atoms with Gasteiger partial charge in [0.2, 0.25) is 5.91 Å². The Labute approximate surface area is 79.6 Å². The van der Waals surface area contributed by atoms with E-state index in [0.717, 1.165) is 19.3 Å². The molecule has 0 bridgehead atoms. The standard InChI is InChI=1S/C10H18N2O/c1-3-7-12(2)9(13)8-10(11)5-4-6-10/h3H,1,4-8,11H2,2H3. The fourth-order valence-electron chi connectivity index (χ4n) is 1.54. The third kappa shape index (κ3) is 2.56. The number of amides is 1. The minimum Gasteiger partial charge on any atom is -0.342 e. The summed E-state index contributed by atoms with van der Waals surface area (Å²) in [7, 11) is 1.78. The SMILES string of the molecule is C=CCN(C)C(=O)CC1(N)CCC1. The molecule has 1 aliphatic rings. The molecule has 0 spiro atoms. The van der Waals surface area contributed by atoms with Crippen LogP contribution in [0.3, 0.4) is 0 Å². The Balaban J connectivity index is 2.35. The summed E-state index contributed by atoms with van der Waals surface area (Å²) in [5.74, 6) is 0.127. The first kappa shape index (κ1) is 10.3. The van der Waals surface area contributed by atoms with Crippen molar-refractivity contribution in [3.63, 3.8) is 0 Å². The largest absolute Gasteiger partial charge is 0.342 e. The summed E-state index contributed by atoms with van der Waals surface area (Å²) in [6.45, 7) is 4.19. The lowest BCUT2D eigenvalue weighted by molar-refractivity contribution is -0.131. The van der Waals surface area contributed by atoms with Crippen LogP contribution in [0.1, 0.15) is 25.7 Å². The Kier molecular flexibility index (Phi) is 3.09. The smallest absolute Gasteiger partial charge is 0.224 e. The molecule has 1 fully saturated rings. The van der Waals surface area contributed by atoms with Gasteiger partial charge in [-0.1, -0.05) is 6.08 Å². The summed E-state index contributed by atoms with van der Waals surface area (Å²) < 4.78 is 0. The van der Waals surface area contributed by atoms with E-state index in [2.05, 4.69) is 6.58 Å². The van der Waals surface area contributed by atoms with Crippen LogP contribution in [0.25, 0.3) is 0 Å². The van der Waals surface area contributed by atoms with Crippen LogP contribution in [0.5, 0.6) is 0 Å². The quantitative estimate of drug-likeness (QED) is 0.657. The molecule has 1 aliphatic carbocycles. The maximum Gasteiger partial charge on any atom is 0.224 e. The second kappa shape index (κ2) is 3.92. The number of carbonyl (C=O) groups excluding carboxylic acids is 1. The van der Waals surface area contributed by atoms with E-state index in [0.29, 0.717) is 13.0 Å². The van der Waals surface area contributed by atoms with Gasteiger partial charge < -0.3 is 10.6 Å². The number of rotatable bonds is 4. The maximum absolute atomic E-state index is 11.5. The fourth-order valence-corrected chi connectivity index (χ4v) is 1.54. The van der Waals surface area contributed by atoms with E-state index < -0.39 is 0 Å². The topological polar surface area (TPSA) is 46.3 Å². The predicted octanol–water partition coefficient (Wildman–Crippen LogP) is 0.902. The van der Waals surface area contributed by atoms with Crippen LogP contribution in [-0.4, -0.2) is 29.9 Å². The van der Waals surface area contributed by atoms with Gasteiger partial charge in [0, 0.05) is 25.6 Å². The Morgan fingerprint density at radius 1 is 1.69 bits per heavy atom. The summed E-state index contributed by atoms with van der Waals surface area (Å²) >= 11 is 0. The van der Waals surface area contributed by atoms with Crippen LogP contribution in [0, 0.1) is 0 Å². The van der Waals surface area contributed by atoms with E-state index in [1.54, 1.807) is 18.0 Å². The third-order valence-corrected chi connectivity index (χ3v) is 2.68. The van der Waals surface area contributed by atoms with Crippen LogP contribution < -0.4 is 5.73 Å². The van der Waals surface area contributed by atoms with Gasteiger partial charge >= 0.3 is 0 Å². The van der Waals surface area contributed by atoms with Gasteiger partial charge in [-0.25, -0.2) is 0 Å². The van der Waals surface area contributed by atoms with Gasteiger partial charge in [0.15, 0.2) is 0 Å². The van der Waals surface area contributed by atoms with Crippen molar-refractivity contribution in [1.29, 1.82) is 0 Å². The molecule has 1 amide bonds. The van der Waals surface area contributed by atoms with Crippen molar-refractivity contribution < 1.29 is 4.79 Å². The van der Waals surface area contributed by atoms with Crippen LogP contribution in [0.15, 0.2) is 12.7 Å². The Morgan fingerprint density at radius 2 is 2.31 bits per heavy atom. The zero-order valence-electron chi connectivity index (χ0n) is 8.25. The number of nitrogens with two attached hydrogens (primary N) is 1. The first-order valence-corrected chi connectivity index (χ1v) is 4.71. The predicted molar refractivity (Wildman–Crippen MR) is 53.2 cm³/mol. The van der Waals surface area contributed by atoms with Crippen molar-refractivity contribution in [2.24, 2.45) is 5.73 Å². The van der Waals surface area contributed by atoms with E-state index in [1.807, 2.05) is 0 Å². The Hall–Kier alpha value is -0.830. The van der Waals surface area contributed by atoms with Crippen LogP contribution in [0.4, 0.5) is 0 Å². The van der Waals surface area contributed by atoms with Gasteiger partial charge in [0.25, 0.3) is 0 Å². The van der Waals surface area contributed by atoms with E-state index in [4.69, 9.17) is 5.73 Å². The van der Waals surface area contributed by atoms with E-state index >= 15 is 0 Å². The molecule has 0 unspecified atom stereocenters. The number of nitrogens with zero attached hydrogens (tertiary/aromatic N) is 1. The third-order valence-electron chi connectivity index (χ3n) is 2.68. The molecule has 3 nitrogen and oxygen atoms in total. The van der Waals surface area contributed by atoms with Crippen molar-refractivity contribution in [2.75, 3.05) is 13.6 Å².